The Hall–Kier alpha value is -1.64. The third-order valence-corrected chi connectivity index (χ3v) is 7.90. The van der Waals surface area contributed by atoms with Crippen LogP contribution in [0.5, 0.6) is 5.75 Å². The number of carbonyl (C=O) groups excluding carboxylic acids is 1. The molecule has 0 unspecified atom stereocenters. The lowest BCUT2D eigenvalue weighted by Crippen LogP contribution is -2.47. The van der Waals surface area contributed by atoms with Gasteiger partial charge in [0, 0.05) is 44.8 Å². The Morgan fingerprint density at radius 2 is 1.61 bits per heavy atom. The van der Waals surface area contributed by atoms with Crippen molar-refractivity contribution in [3.63, 3.8) is 0 Å². The highest BCUT2D eigenvalue weighted by Gasteiger charge is 2.32. The zero-order valence-electron chi connectivity index (χ0n) is 16.3. The summed E-state index contributed by atoms with van der Waals surface area (Å²) in [6.07, 6.45) is 5.52. The van der Waals surface area contributed by atoms with E-state index in [2.05, 4.69) is 0 Å². The van der Waals surface area contributed by atoms with Crippen LogP contribution in [0.4, 0.5) is 0 Å². The van der Waals surface area contributed by atoms with Gasteiger partial charge in [0.05, 0.1) is 6.61 Å². The molecule has 8 heteroatoms. The van der Waals surface area contributed by atoms with E-state index < -0.39 is 10.2 Å². The quantitative estimate of drug-likeness (QED) is 0.767. The summed E-state index contributed by atoms with van der Waals surface area (Å²) in [5.41, 5.74) is 1.75. The lowest BCUT2D eigenvalue weighted by atomic mass is 10.0. The summed E-state index contributed by atoms with van der Waals surface area (Å²) in [5, 5.41) is 0. The van der Waals surface area contributed by atoms with Gasteiger partial charge < -0.3 is 9.64 Å². The molecule has 0 radical (unpaired) electrons. The molecule has 0 bridgehead atoms. The second-order valence-corrected chi connectivity index (χ2v) is 9.72. The van der Waals surface area contributed by atoms with Crippen molar-refractivity contribution in [3.05, 3.63) is 29.3 Å². The molecule has 4 rings (SSSR count). The number of piperidine rings is 1. The van der Waals surface area contributed by atoms with E-state index in [9.17, 15) is 13.2 Å². The molecule has 3 aliphatic rings. The number of benzene rings is 1. The first-order valence-corrected chi connectivity index (χ1v) is 11.8. The number of rotatable bonds is 3. The number of hydrogen-bond donors (Lipinski definition) is 0. The van der Waals surface area contributed by atoms with Crippen LogP contribution in [-0.2, 0) is 16.6 Å². The van der Waals surface area contributed by atoms with Crippen LogP contribution in [0.1, 0.15) is 48.0 Å². The van der Waals surface area contributed by atoms with E-state index in [1.807, 2.05) is 18.2 Å². The first-order chi connectivity index (χ1) is 13.6. The molecule has 2 fully saturated rings. The fourth-order valence-corrected chi connectivity index (χ4v) is 5.98. The highest BCUT2D eigenvalue weighted by atomic mass is 32.2. The lowest BCUT2D eigenvalue weighted by molar-refractivity contribution is 0.0763. The lowest BCUT2D eigenvalue weighted by Gasteiger charge is -2.31. The standard InChI is InChI=1S/C20H29N3O4S/c24-20(18-7-8-19-17(16-18)6-4-15-27-19)21-9-5-12-23(14-13-21)28(25,26)22-10-2-1-3-11-22/h7-8,16H,1-6,9-15H2. The van der Waals surface area contributed by atoms with Crippen molar-refractivity contribution in [2.45, 2.75) is 38.5 Å². The normalized spacial score (nSPS) is 22.2. The molecule has 1 aromatic carbocycles. The number of nitrogens with zero attached hydrogens (tertiary/aromatic N) is 3. The Morgan fingerprint density at radius 1 is 0.857 bits per heavy atom. The summed E-state index contributed by atoms with van der Waals surface area (Å²) in [5.74, 6) is 0.850. The van der Waals surface area contributed by atoms with Crippen LogP contribution >= 0.6 is 0 Å². The molecule has 3 aliphatic heterocycles. The van der Waals surface area contributed by atoms with Gasteiger partial charge in [0.15, 0.2) is 0 Å². The van der Waals surface area contributed by atoms with Crippen LogP contribution in [0.3, 0.4) is 0 Å². The summed E-state index contributed by atoms with van der Waals surface area (Å²) < 4.78 is 34.7. The molecule has 28 heavy (non-hydrogen) atoms. The van der Waals surface area contributed by atoms with Gasteiger partial charge in [-0.3, -0.25) is 4.79 Å². The maximum absolute atomic E-state index is 13.0. The summed E-state index contributed by atoms with van der Waals surface area (Å²) in [6, 6.07) is 5.64. The summed E-state index contributed by atoms with van der Waals surface area (Å²) in [7, 11) is -3.42. The van der Waals surface area contributed by atoms with Crippen molar-refractivity contribution >= 4 is 16.1 Å². The van der Waals surface area contributed by atoms with E-state index in [1.165, 1.54) is 0 Å². The Balaban J connectivity index is 1.43. The highest BCUT2D eigenvalue weighted by Crippen LogP contribution is 2.26. The number of aryl methyl sites for hydroxylation is 1. The van der Waals surface area contributed by atoms with Crippen LogP contribution in [0, 0.1) is 0 Å². The number of hydrogen-bond acceptors (Lipinski definition) is 4. The summed E-state index contributed by atoms with van der Waals surface area (Å²) in [4.78, 5) is 14.8. The Morgan fingerprint density at radius 3 is 2.43 bits per heavy atom. The van der Waals surface area contributed by atoms with E-state index in [1.54, 1.807) is 13.5 Å². The zero-order chi connectivity index (χ0) is 19.6. The predicted octanol–water partition coefficient (Wildman–Crippen LogP) is 1.89. The van der Waals surface area contributed by atoms with Gasteiger partial charge in [-0.05, 0) is 55.9 Å². The molecule has 3 heterocycles. The number of carbonyl (C=O) groups is 1. The van der Waals surface area contributed by atoms with Gasteiger partial charge >= 0.3 is 0 Å². The molecule has 0 aliphatic carbocycles. The number of amides is 1. The molecular weight excluding hydrogens is 378 g/mol. The van der Waals surface area contributed by atoms with Crippen LogP contribution in [0.25, 0.3) is 0 Å². The molecule has 7 nitrogen and oxygen atoms in total. The van der Waals surface area contributed by atoms with Crippen LogP contribution in [0.2, 0.25) is 0 Å². The van der Waals surface area contributed by atoms with Crippen molar-refractivity contribution in [2.24, 2.45) is 0 Å². The van der Waals surface area contributed by atoms with Gasteiger partial charge in [0.1, 0.15) is 5.75 Å². The Bertz CT molecular complexity index is 821. The SMILES string of the molecule is O=C(c1ccc2c(c1)CCCO2)N1CCCN(S(=O)(=O)N2CCCCC2)CC1. The third-order valence-electron chi connectivity index (χ3n) is 5.87. The monoisotopic (exact) mass is 407 g/mol. The van der Waals surface area contributed by atoms with Gasteiger partial charge in [-0.25, -0.2) is 0 Å². The van der Waals surface area contributed by atoms with E-state index in [-0.39, 0.29) is 5.91 Å². The molecule has 0 atom stereocenters. The van der Waals surface area contributed by atoms with E-state index >= 15 is 0 Å². The first-order valence-electron chi connectivity index (χ1n) is 10.4. The number of ether oxygens (including phenoxy) is 1. The van der Waals surface area contributed by atoms with Crippen LogP contribution in [-0.4, -0.2) is 73.7 Å². The molecule has 0 aromatic heterocycles. The van der Waals surface area contributed by atoms with Crippen molar-refractivity contribution in [2.75, 3.05) is 45.9 Å². The van der Waals surface area contributed by atoms with Gasteiger partial charge in [0.25, 0.3) is 16.1 Å². The molecule has 154 valence electrons. The molecule has 2 saturated heterocycles. The maximum Gasteiger partial charge on any atom is 0.282 e. The molecular formula is C20H29N3O4S. The second-order valence-electron chi connectivity index (χ2n) is 7.79. The van der Waals surface area contributed by atoms with E-state index in [4.69, 9.17) is 4.74 Å². The maximum atomic E-state index is 13.0. The molecule has 1 amide bonds. The van der Waals surface area contributed by atoms with Crippen molar-refractivity contribution in [1.29, 1.82) is 0 Å². The van der Waals surface area contributed by atoms with Gasteiger partial charge in [-0.2, -0.15) is 17.0 Å². The number of fused-ring (bicyclic) bond motifs is 1. The fraction of sp³-hybridized carbons (Fsp3) is 0.650. The van der Waals surface area contributed by atoms with E-state index in [0.29, 0.717) is 51.3 Å². The van der Waals surface area contributed by atoms with Crippen molar-refractivity contribution in [1.82, 2.24) is 13.5 Å². The van der Waals surface area contributed by atoms with Crippen molar-refractivity contribution in [3.8, 4) is 5.75 Å². The second kappa shape index (κ2) is 8.39. The molecule has 0 saturated carbocycles. The zero-order valence-corrected chi connectivity index (χ0v) is 17.1. The average Bonchev–Trinajstić information content (AvgIpc) is 3.00. The first kappa shape index (κ1) is 19.7. The minimum absolute atomic E-state index is 0.0226. The topological polar surface area (TPSA) is 70.2 Å². The van der Waals surface area contributed by atoms with Crippen LogP contribution in [0.15, 0.2) is 18.2 Å². The smallest absolute Gasteiger partial charge is 0.282 e. The largest absolute Gasteiger partial charge is 0.493 e. The minimum atomic E-state index is -3.42. The van der Waals surface area contributed by atoms with Gasteiger partial charge in [-0.1, -0.05) is 6.42 Å². The predicted molar refractivity (Wildman–Crippen MR) is 107 cm³/mol. The van der Waals surface area contributed by atoms with E-state index in [0.717, 1.165) is 50.0 Å². The molecule has 1 aromatic rings. The Kier molecular flexibility index (Phi) is 5.89. The third kappa shape index (κ3) is 4.04. The fourth-order valence-electron chi connectivity index (χ4n) is 4.26. The summed E-state index contributed by atoms with van der Waals surface area (Å²) >= 11 is 0. The van der Waals surface area contributed by atoms with Crippen molar-refractivity contribution < 1.29 is 17.9 Å². The average molecular weight is 408 g/mol. The molecule has 0 N–H and O–H groups in total. The Labute approximate surface area is 167 Å². The van der Waals surface area contributed by atoms with Gasteiger partial charge in [-0.15, -0.1) is 0 Å². The van der Waals surface area contributed by atoms with Gasteiger partial charge in [0.2, 0.25) is 0 Å². The molecule has 0 spiro atoms. The summed E-state index contributed by atoms with van der Waals surface area (Å²) in [6.45, 7) is 3.79. The highest BCUT2D eigenvalue weighted by molar-refractivity contribution is 7.86. The minimum Gasteiger partial charge on any atom is -0.493 e. The van der Waals surface area contributed by atoms with Crippen LogP contribution < -0.4 is 4.74 Å².